The molecule has 12 heavy (non-hydrogen) atoms. The van der Waals surface area contributed by atoms with Crippen LogP contribution in [0.1, 0.15) is 25.7 Å². The second-order valence-corrected chi connectivity index (χ2v) is 4.67. The van der Waals surface area contributed by atoms with Crippen molar-refractivity contribution in [1.82, 2.24) is 4.90 Å². The lowest BCUT2D eigenvalue weighted by atomic mass is 9.76. The van der Waals surface area contributed by atoms with Gasteiger partial charge in [-0.1, -0.05) is 0 Å². The maximum Gasteiger partial charge on any atom is 0.0584 e. The fourth-order valence-electron chi connectivity index (χ4n) is 3.65. The normalized spacial score (nSPS) is 52.8. The molecule has 0 amide bonds. The summed E-state index contributed by atoms with van der Waals surface area (Å²) in [4.78, 5) is 2.61. The van der Waals surface area contributed by atoms with Crippen molar-refractivity contribution in [3.05, 3.63) is 0 Å². The molecule has 0 spiro atoms. The van der Waals surface area contributed by atoms with Gasteiger partial charge in [-0.2, -0.15) is 0 Å². The van der Waals surface area contributed by atoms with E-state index in [4.69, 9.17) is 0 Å². The van der Waals surface area contributed by atoms with Crippen molar-refractivity contribution in [2.75, 3.05) is 13.1 Å². The molecule has 3 fully saturated rings. The Morgan fingerprint density at radius 2 is 1.83 bits per heavy atom. The maximum atomic E-state index is 9.82. The van der Waals surface area contributed by atoms with Crippen molar-refractivity contribution in [3.63, 3.8) is 0 Å². The molecule has 3 aliphatic rings. The Morgan fingerprint density at radius 3 is 2.75 bits per heavy atom. The van der Waals surface area contributed by atoms with Crippen LogP contribution in [0.15, 0.2) is 0 Å². The summed E-state index contributed by atoms with van der Waals surface area (Å²) in [6.45, 7) is 2.56. The van der Waals surface area contributed by atoms with Gasteiger partial charge in [0, 0.05) is 12.0 Å². The van der Waals surface area contributed by atoms with Gasteiger partial charge in [-0.25, -0.2) is 0 Å². The highest BCUT2D eigenvalue weighted by atomic mass is 16.3. The van der Waals surface area contributed by atoms with Crippen LogP contribution in [0.2, 0.25) is 0 Å². The summed E-state index contributed by atoms with van der Waals surface area (Å²) in [7, 11) is 0. The molecule has 2 nitrogen and oxygen atoms in total. The minimum atomic E-state index is 0.0225. The Hall–Kier alpha value is -0.0800. The summed E-state index contributed by atoms with van der Waals surface area (Å²) >= 11 is 0. The van der Waals surface area contributed by atoms with Crippen molar-refractivity contribution in [2.24, 2.45) is 11.8 Å². The molecule has 2 heterocycles. The Morgan fingerprint density at radius 1 is 1.00 bits per heavy atom. The van der Waals surface area contributed by atoms with E-state index in [1.807, 2.05) is 0 Å². The molecule has 0 bridgehead atoms. The first kappa shape index (κ1) is 7.34. The molecule has 3 rings (SSSR count). The average Bonchev–Trinajstić information content (AvgIpc) is 2.61. The summed E-state index contributed by atoms with van der Waals surface area (Å²) in [5.74, 6) is 1.56. The van der Waals surface area contributed by atoms with Gasteiger partial charge in [-0.05, 0) is 44.7 Å². The largest absolute Gasteiger partial charge is 0.393 e. The van der Waals surface area contributed by atoms with Gasteiger partial charge in [0.15, 0.2) is 0 Å². The molecule has 1 saturated carbocycles. The topological polar surface area (TPSA) is 23.5 Å². The SMILES string of the molecule is OC1CCC2CCN3CCC1C23. The molecule has 0 aromatic rings. The summed E-state index contributed by atoms with van der Waals surface area (Å²) in [6.07, 6.45) is 5.02. The molecule has 68 valence electrons. The van der Waals surface area contributed by atoms with E-state index >= 15 is 0 Å². The molecule has 0 radical (unpaired) electrons. The monoisotopic (exact) mass is 167 g/mol. The van der Waals surface area contributed by atoms with E-state index in [0.29, 0.717) is 5.92 Å². The number of aliphatic hydroxyl groups is 1. The Balaban J connectivity index is 1.89. The van der Waals surface area contributed by atoms with Gasteiger partial charge in [-0.15, -0.1) is 0 Å². The maximum absolute atomic E-state index is 9.82. The van der Waals surface area contributed by atoms with Crippen molar-refractivity contribution < 1.29 is 5.11 Å². The van der Waals surface area contributed by atoms with E-state index in [2.05, 4.69) is 4.90 Å². The van der Waals surface area contributed by atoms with Crippen molar-refractivity contribution in [1.29, 1.82) is 0 Å². The van der Waals surface area contributed by atoms with Crippen LogP contribution >= 0.6 is 0 Å². The smallest absolute Gasteiger partial charge is 0.0584 e. The zero-order valence-corrected chi connectivity index (χ0v) is 7.45. The van der Waals surface area contributed by atoms with Crippen LogP contribution in [0.4, 0.5) is 0 Å². The van der Waals surface area contributed by atoms with Gasteiger partial charge in [-0.3, -0.25) is 4.90 Å². The second kappa shape index (κ2) is 2.46. The van der Waals surface area contributed by atoms with Crippen molar-refractivity contribution in [3.8, 4) is 0 Å². The van der Waals surface area contributed by atoms with Gasteiger partial charge in [0.25, 0.3) is 0 Å². The van der Waals surface area contributed by atoms with Gasteiger partial charge in [0.05, 0.1) is 6.10 Å². The average molecular weight is 167 g/mol. The lowest BCUT2D eigenvalue weighted by Crippen LogP contribution is -2.40. The first-order chi connectivity index (χ1) is 5.86. The molecule has 2 heteroatoms. The van der Waals surface area contributed by atoms with Crippen molar-refractivity contribution in [2.45, 2.75) is 37.8 Å². The predicted molar refractivity (Wildman–Crippen MR) is 46.8 cm³/mol. The molecule has 4 unspecified atom stereocenters. The highest BCUT2D eigenvalue weighted by molar-refractivity contribution is 5.02. The predicted octanol–water partition coefficient (Wildman–Crippen LogP) is 0.851. The lowest BCUT2D eigenvalue weighted by molar-refractivity contribution is 0.0344. The number of aliphatic hydroxyl groups excluding tert-OH is 1. The van der Waals surface area contributed by atoms with Crippen LogP contribution in [-0.4, -0.2) is 35.2 Å². The minimum Gasteiger partial charge on any atom is -0.393 e. The van der Waals surface area contributed by atoms with Crippen LogP contribution in [-0.2, 0) is 0 Å². The van der Waals surface area contributed by atoms with Crippen molar-refractivity contribution >= 4 is 0 Å². The minimum absolute atomic E-state index is 0.0225. The third-order valence-electron chi connectivity index (χ3n) is 4.21. The molecule has 2 saturated heterocycles. The zero-order chi connectivity index (χ0) is 8.13. The van der Waals surface area contributed by atoms with E-state index in [9.17, 15) is 5.11 Å². The van der Waals surface area contributed by atoms with Crippen LogP contribution in [0.3, 0.4) is 0 Å². The van der Waals surface area contributed by atoms with Gasteiger partial charge >= 0.3 is 0 Å². The molecule has 4 atom stereocenters. The third kappa shape index (κ3) is 0.826. The summed E-state index contributed by atoms with van der Waals surface area (Å²) < 4.78 is 0. The number of rotatable bonds is 0. The molecule has 0 aromatic heterocycles. The highest BCUT2D eigenvalue weighted by Crippen LogP contribution is 2.45. The van der Waals surface area contributed by atoms with E-state index in [-0.39, 0.29) is 6.10 Å². The molecule has 1 N–H and O–H groups in total. The van der Waals surface area contributed by atoms with Gasteiger partial charge in [0.1, 0.15) is 0 Å². The number of hydrogen-bond donors (Lipinski definition) is 1. The Bertz CT molecular complexity index is 194. The fourth-order valence-corrected chi connectivity index (χ4v) is 3.65. The third-order valence-corrected chi connectivity index (χ3v) is 4.21. The number of nitrogens with zero attached hydrogens (tertiary/aromatic N) is 1. The molecular weight excluding hydrogens is 150 g/mol. The summed E-state index contributed by atoms with van der Waals surface area (Å²) in [5.41, 5.74) is 0. The quantitative estimate of drug-likeness (QED) is 0.578. The second-order valence-electron chi connectivity index (χ2n) is 4.67. The van der Waals surface area contributed by atoms with Crippen LogP contribution < -0.4 is 0 Å². The van der Waals surface area contributed by atoms with Crippen LogP contribution in [0.5, 0.6) is 0 Å². The Labute approximate surface area is 73.6 Å². The molecular formula is C10H17NO. The lowest BCUT2D eigenvalue weighted by Gasteiger charge is -2.35. The molecule has 0 aromatic carbocycles. The first-order valence-corrected chi connectivity index (χ1v) is 5.28. The van der Waals surface area contributed by atoms with Gasteiger partial charge in [0.2, 0.25) is 0 Å². The van der Waals surface area contributed by atoms with E-state index in [0.717, 1.165) is 18.4 Å². The van der Waals surface area contributed by atoms with E-state index < -0.39 is 0 Å². The summed E-state index contributed by atoms with van der Waals surface area (Å²) in [6, 6.07) is 0.772. The fraction of sp³-hybridized carbons (Fsp3) is 1.00. The van der Waals surface area contributed by atoms with Crippen LogP contribution in [0, 0.1) is 11.8 Å². The highest BCUT2D eigenvalue weighted by Gasteiger charge is 2.48. The number of hydrogen-bond acceptors (Lipinski definition) is 2. The first-order valence-electron chi connectivity index (χ1n) is 5.28. The summed E-state index contributed by atoms with van der Waals surface area (Å²) in [5, 5.41) is 9.82. The zero-order valence-electron chi connectivity index (χ0n) is 7.45. The molecule has 2 aliphatic heterocycles. The van der Waals surface area contributed by atoms with E-state index in [1.54, 1.807) is 0 Å². The molecule has 1 aliphatic carbocycles. The standard InChI is InChI=1S/C10H17NO/c12-9-2-1-7-3-5-11-6-4-8(9)10(7)11/h7-10,12H,1-6H2. The van der Waals surface area contributed by atoms with E-state index in [1.165, 1.54) is 32.4 Å². The van der Waals surface area contributed by atoms with Crippen LogP contribution in [0.25, 0.3) is 0 Å². The Kier molecular flexibility index (Phi) is 1.50. The van der Waals surface area contributed by atoms with Gasteiger partial charge < -0.3 is 5.11 Å².